The lowest BCUT2D eigenvalue weighted by molar-refractivity contribution is 0.183. The number of carbonyl (C=O) groups excluding carboxylic acids is 1. The number of amides is 2. The molecule has 1 aromatic rings. The van der Waals surface area contributed by atoms with Gasteiger partial charge in [-0.05, 0) is 50.8 Å². The second-order valence-corrected chi connectivity index (χ2v) is 6.02. The summed E-state index contributed by atoms with van der Waals surface area (Å²) in [6.07, 6.45) is 2.01. The van der Waals surface area contributed by atoms with Crippen molar-refractivity contribution < 1.29 is 9.90 Å². The molecule has 0 saturated heterocycles. The van der Waals surface area contributed by atoms with E-state index in [0.717, 1.165) is 17.3 Å². The molecule has 0 saturated carbocycles. The summed E-state index contributed by atoms with van der Waals surface area (Å²) < 4.78 is 1.07. The number of hydrogen-bond acceptors (Lipinski definition) is 2. The van der Waals surface area contributed by atoms with Crippen LogP contribution < -0.4 is 10.6 Å². The predicted octanol–water partition coefficient (Wildman–Crippen LogP) is 2.84. The Hall–Kier alpha value is -1.07. The van der Waals surface area contributed by atoms with Crippen molar-refractivity contribution in [3.63, 3.8) is 0 Å². The normalized spacial score (nSPS) is 13.6. The van der Waals surface area contributed by atoms with Gasteiger partial charge in [-0.3, -0.25) is 0 Å². The quantitative estimate of drug-likeness (QED) is 0.713. The van der Waals surface area contributed by atoms with Gasteiger partial charge in [-0.1, -0.05) is 28.1 Å². The van der Waals surface area contributed by atoms with E-state index in [-0.39, 0.29) is 18.2 Å². The first-order valence-electron chi connectivity index (χ1n) is 6.94. The van der Waals surface area contributed by atoms with Crippen LogP contribution >= 0.6 is 15.9 Å². The van der Waals surface area contributed by atoms with Gasteiger partial charge in [-0.15, -0.1) is 0 Å². The van der Waals surface area contributed by atoms with Crippen LogP contribution in [0.1, 0.15) is 32.3 Å². The Labute approximate surface area is 129 Å². The number of benzene rings is 1. The van der Waals surface area contributed by atoms with Crippen LogP contribution in [0.2, 0.25) is 0 Å². The van der Waals surface area contributed by atoms with Gasteiger partial charge in [-0.25, -0.2) is 4.79 Å². The predicted molar refractivity (Wildman–Crippen MR) is 84.8 cm³/mol. The number of carbonyl (C=O) groups is 1. The molecule has 5 heteroatoms. The minimum atomic E-state index is -0.384. The highest BCUT2D eigenvalue weighted by Gasteiger charge is 2.07. The van der Waals surface area contributed by atoms with Crippen molar-refractivity contribution in [2.45, 2.75) is 45.3 Å². The van der Waals surface area contributed by atoms with E-state index in [0.29, 0.717) is 13.0 Å². The van der Waals surface area contributed by atoms with Gasteiger partial charge < -0.3 is 15.7 Å². The van der Waals surface area contributed by atoms with E-state index in [1.54, 1.807) is 6.92 Å². The molecule has 0 bridgehead atoms. The summed E-state index contributed by atoms with van der Waals surface area (Å²) in [5.74, 6) is 0. The van der Waals surface area contributed by atoms with Crippen molar-refractivity contribution in [1.82, 2.24) is 10.6 Å². The van der Waals surface area contributed by atoms with Crippen LogP contribution in [-0.2, 0) is 6.42 Å². The molecule has 0 spiro atoms. The number of aliphatic hydroxyl groups is 1. The van der Waals surface area contributed by atoms with E-state index < -0.39 is 0 Å². The summed E-state index contributed by atoms with van der Waals surface area (Å²) >= 11 is 3.41. The monoisotopic (exact) mass is 342 g/mol. The molecule has 1 aromatic carbocycles. The van der Waals surface area contributed by atoms with E-state index in [9.17, 15) is 4.79 Å². The fourth-order valence-electron chi connectivity index (χ4n) is 1.78. The Morgan fingerprint density at radius 1 is 1.25 bits per heavy atom. The Kier molecular flexibility index (Phi) is 7.62. The molecule has 2 unspecified atom stereocenters. The average Bonchev–Trinajstić information content (AvgIpc) is 2.37. The Morgan fingerprint density at radius 3 is 2.50 bits per heavy atom. The average molecular weight is 343 g/mol. The molecule has 2 atom stereocenters. The third-order valence-corrected chi connectivity index (χ3v) is 3.53. The maximum atomic E-state index is 11.6. The second kappa shape index (κ2) is 8.97. The van der Waals surface area contributed by atoms with E-state index in [4.69, 9.17) is 5.11 Å². The number of hydrogen-bond donors (Lipinski definition) is 3. The largest absolute Gasteiger partial charge is 0.393 e. The Bertz CT molecular complexity index is 407. The van der Waals surface area contributed by atoms with Crippen LogP contribution in [0.15, 0.2) is 28.7 Å². The van der Waals surface area contributed by atoms with Crippen molar-refractivity contribution >= 4 is 22.0 Å². The van der Waals surface area contributed by atoms with Crippen molar-refractivity contribution in [1.29, 1.82) is 0 Å². The summed E-state index contributed by atoms with van der Waals surface area (Å²) in [5.41, 5.74) is 1.26. The lowest BCUT2D eigenvalue weighted by atomic mass is 10.1. The molecule has 0 radical (unpaired) electrons. The number of urea groups is 1. The topological polar surface area (TPSA) is 61.4 Å². The van der Waals surface area contributed by atoms with Gasteiger partial charge in [0.05, 0.1) is 6.10 Å². The molecule has 20 heavy (non-hydrogen) atoms. The van der Waals surface area contributed by atoms with Crippen LogP contribution in [-0.4, -0.2) is 29.8 Å². The number of aryl methyl sites for hydroxylation is 1. The van der Waals surface area contributed by atoms with Crippen molar-refractivity contribution in [3.8, 4) is 0 Å². The fourth-order valence-corrected chi connectivity index (χ4v) is 2.04. The summed E-state index contributed by atoms with van der Waals surface area (Å²) in [5, 5.41) is 14.7. The molecule has 112 valence electrons. The van der Waals surface area contributed by atoms with E-state index in [2.05, 4.69) is 38.7 Å². The minimum absolute atomic E-state index is 0.116. The molecule has 0 fully saturated rings. The Morgan fingerprint density at radius 2 is 1.90 bits per heavy atom. The van der Waals surface area contributed by atoms with E-state index in [1.807, 2.05) is 19.1 Å². The molecule has 1 rings (SSSR count). The molecular formula is C15H23BrN2O2. The number of nitrogens with one attached hydrogen (secondary N) is 2. The molecule has 0 aromatic heterocycles. The highest BCUT2D eigenvalue weighted by molar-refractivity contribution is 9.10. The zero-order chi connectivity index (χ0) is 15.0. The molecule has 0 heterocycles. The smallest absolute Gasteiger partial charge is 0.314 e. The zero-order valence-corrected chi connectivity index (χ0v) is 13.6. The van der Waals surface area contributed by atoms with Gasteiger partial charge in [0, 0.05) is 17.1 Å². The first-order chi connectivity index (χ1) is 9.47. The molecule has 2 amide bonds. The third-order valence-electron chi connectivity index (χ3n) is 3.00. The summed E-state index contributed by atoms with van der Waals surface area (Å²) in [6.45, 7) is 4.19. The number of halogens is 1. The van der Waals surface area contributed by atoms with Crippen LogP contribution in [0.3, 0.4) is 0 Å². The van der Waals surface area contributed by atoms with Gasteiger partial charge in [0.2, 0.25) is 0 Å². The SMILES string of the molecule is CC(O)CCNC(=O)NC(C)CCc1ccc(Br)cc1. The van der Waals surface area contributed by atoms with Gasteiger partial charge in [0.25, 0.3) is 0 Å². The van der Waals surface area contributed by atoms with Crippen molar-refractivity contribution in [3.05, 3.63) is 34.3 Å². The van der Waals surface area contributed by atoms with E-state index in [1.165, 1.54) is 5.56 Å². The zero-order valence-electron chi connectivity index (χ0n) is 12.0. The molecule has 0 aliphatic heterocycles. The van der Waals surface area contributed by atoms with Crippen molar-refractivity contribution in [2.75, 3.05) is 6.54 Å². The summed E-state index contributed by atoms with van der Waals surface area (Å²) in [6, 6.07) is 8.16. The van der Waals surface area contributed by atoms with Crippen LogP contribution in [0.25, 0.3) is 0 Å². The second-order valence-electron chi connectivity index (χ2n) is 5.10. The number of aliphatic hydroxyl groups excluding tert-OH is 1. The molecule has 0 aliphatic rings. The highest BCUT2D eigenvalue weighted by Crippen LogP contribution is 2.12. The number of rotatable bonds is 7. The summed E-state index contributed by atoms with van der Waals surface area (Å²) in [7, 11) is 0. The van der Waals surface area contributed by atoms with Crippen LogP contribution in [0.4, 0.5) is 4.79 Å². The molecule has 0 aliphatic carbocycles. The van der Waals surface area contributed by atoms with Crippen LogP contribution in [0, 0.1) is 0 Å². The fraction of sp³-hybridized carbons (Fsp3) is 0.533. The Balaban J connectivity index is 2.20. The first kappa shape index (κ1) is 17.0. The standard InChI is InChI=1S/C15H23BrN2O2/c1-11(18-15(20)17-10-9-12(2)19)3-4-13-5-7-14(16)8-6-13/h5-8,11-12,19H,3-4,9-10H2,1-2H3,(H2,17,18,20). The minimum Gasteiger partial charge on any atom is -0.393 e. The molecule has 4 nitrogen and oxygen atoms in total. The van der Waals surface area contributed by atoms with E-state index >= 15 is 0 Å². The lowest BCUT2D eigenvalue weighted by Gasteiger charge is -2.15. The maximum Gasteiger partial charge on any atom is 0.314 e. The lowest BCUT2D eigenvalue weighted by Crippen LogP contribution is -2.41. The van der Waals surface area contributed by atoms with Gasteiger partial charge >= 0.3 is 6.03 Å². The van der Waals surface area contributed by atoms with Crippen LogP contribution in [0.5, 0.6) is 0 Å². The highest BCUT2D eigenvalue weighted by atomic mass is 79.9. The summed E-state index contributed by atoms with van der Waals surface area (Å²) in [4.78, 5) is 11.6. The van der Waals surface area contributed by atoms with Gasteiger partial charge in [0.15, 0.2) is 0 Å². The van der Waals surface area contributed by atoms with Crippen molar-refractivity contribution in [2.24, 2.45) is 0 Å². The third kappa shape index (κ3) is 7.50. The molecular weight excluding hydrogens is 320 g/mol. The molecule has 3 N–H and O–H groups in total. The van der Waals surface area contributed by atoms with Gasteiger partial charge in [-0.2, -0.15) is 0 Å². The van der Waals surface area contributed by atoms with Gasteiger partial charge in [0.1, 0.15) is 0 Å². The maximum absolute atomic E-state index is 11.6. The first-order valence-corrected chi connectivity index (χ1v) is 7.73.